The fourth-order valence-corrected chi connectivity index (χ4v) is 4.41. The van der Waals surface area contributed by atoms with Crippen molar-refractivity contribution >= 4 is 51.9 Å². The molecule has 0 saturated carbocycles. The Morgan fingerprint density at radius 3 is 2.46 bits per heavy atom. The topological polar surface area (TPSA) is 143 Å². The molecule has 1 aliphatic rings. The van der Waals surface area contributed by atoms with Crippen LogP contribution in [0, 0.1) is 0 Å². The number of nitrogens with zero attached hydrogens (tertiary/aromatic N) is 3. The summed E-state index contributed by atoms with van der Waals surface area (Å²) in [6.07, 6.45) is -3.25. The number of aryl methyl sites for hydroxylation is 1. The number of aromatic nitrogens is 2. The number of aromatic carboxylic acids is 1. The van der Waals surface area contributed by atoms with Gasteiger partial charge < -0.3 is 31.1 Å². The Morgan fingerprint density at radius 2 is 1.89 bits per heavy atom. The number of carboxylic acid groups (broad SMARTS) is 1. The highest BCUT2D eigenvalue weighted by atomic mass is 32.1. The van der Waals surface area contributed by atoms with E-state index in [1.54, 1.807) is 12.1 Å². The molecule has 3 heterocycles. The molecule has 0 radical (unpaired) electrons. The van der Waals surface area contributed by atoms with E-state index in [1.165, 1.54) is 6.07 Å². The van der Waals surface area contributed by atoms with Crippen molar-refractivity contribution < 1.29 is 32.6 Å². The normalized spacial score (nSPS) is 13.4. The number of hydrogen-bond donors (Lipinski definition) is 4. The van der Waals surface area contributed by atoms with Crippen LogP contribution in [0.1, 0.15) is 27.7 Å². The summed E-state index contributed by atoms with van der Waals surface area (Å²) in [6.45, 7) is 4.71. The highest BCUT2D eigenvalue weighted by Gasteiger charge is 2.36. The lowest BCUT2D eigenvalue weighted by Crippen LogP contribution is -2.36. The molecule has 0 unspecified atom stereocenters. The van der Waals surface area contributed by atoms with Crippen LogP contribution in [0.3, 0.4) is 0 Å². The molecule has 0 aliphatic carbocycles. The van der Waals surface area contributed by atoms with Crippen LogP contribution in [-0.4, -0.2) is 53.8 Å². The SMILES string of the molecule is CCc1cc(C(=O)O)c(Nc2nc(Nc3ccc(N4CCOCC4)cc3)ncc2C(F)(F)F)s1.NC=O. The van der Waals surface area contributed by atoms with E-state index < -0.39 is 23.5 Å². The summed E-state index contributed by atoms with van der Waals surface area (Å²) in [5.41, 5.74) is 4.57. The standard InChI is InChI=1S/C22H22F3N5O3S.CH3NO/c1-2-15-11-16(20(31)32)19(34-15)28-18-17(22(23,24)25)12-26-21(29-18)27-13-3-5-14(6-4-13)30-7-9-33-10-8-30;2-1-3/h3-6,11-12H,2,7-10H2,1H3,(H,31,32)(H2,26,27,28,29);1H,(H2,2,3). The van der Waals surface area contributed by atoms with Gasteiger partial charge in [-0.15, -0.1) is 11.3 Å². The van der Waals surface area contributed by atoms with Gasteiger partial charge in [0.15, 0.2) is 0 Å². The largest absolute Gasteiger partial charge is 0.478 e. The van der Waals surface area contributed by atoms with Crippen molar-refractivity contribution in [3.8, 4) is 0 Å². The van der Waals surface area contributed by atoms with Gasteiger partial charge in [0, 0.05) is 35.5 Å². The first-order valence-corrected chi connectivity index (χ1v) is 11.9. The Hall–Kier alpha value is -3.91. The average Bonchev–Trinajstić information content (AvgIpc) is 3.28. The minimum Gasteiger partial charge on any atom is -0.478 e. The van der Waals surface area contributed by atoms with Crippen molar-refractivity contribution in [3.63, 3.8) is 0 Å². The third kappa shape index (κ3) is 7.30. The first-order valence-electron chi connectivity index (χ1n) is 11.1. The third-order valence-electron chi connectivity index (χ3n) is 5.19. The van der Waals surface area contributed by atoms with Crippen molar-refractivity contribution in [2.45, 2.75) is 19.5 Å². The van der Waals surface area contributed by atoms with E-state index in [0.29, 0.717) is 31.5 Å². The van der Waals surface area contributed by atoms with Gasteiger partial charge in [-0.05, 0) is 36.8 Å². The zero-order valence-corrected chi connectivity index (χ0v) is 20.5. The van der Waals surface area contributed by atoms with E-state index >= 15 is 0 Å². The zero-order valence-electron chi connectivity index (χ0n) is 19.7. The number of carbonyl (C=O) groups excluding carboxylic acids is 1. The molecule has 1 amide bonds. The van der Waals surface area contributed by atoms with Gasteiger partial charge in [0.05, 0.1) is 18.8 Å². The van der Waals surface area contributed by atoms with Crippen LogP contribution in [0.4, 0.5) is 41.3 Å². The number of nitrogens with two attached hydrogens (primary N) is 1. The number of ether oxygens (including phenoxy) is 1. The molecular formula is C23H25F3N6O4S. The number of alkyl halides is 3. The van der Waals surface area contributed by atoms with Crippen LogP contribution in [0.2, 0.25) is 0 Å². The van der Waals surface area contributed by atoms with Gasteiger partial charge in [-0.25, -0.2) is 9.78 Å². The Balaban J connectivity index is 0.00000121. The maximum Gasteiger partial charge on any atom is 0.421 e. The van der Waals surface area contributed by atoms with Crippen molar-refractivity contribution in [3.05, 3.63) is 52.5 Å². The van der Waals surface area contributed by atoms with Crippen LogP contribution in [0.15, 0.2) is 36.5 Å². The number of thiophene rings is 1. The van der Waals surface area contributed by atoms with Gasteiger partial charge in [-0.1, -0.05) is 6.92 Å². The lowest BCUT2D eigenvalue weighted by atomic mass is 10.2. The zero-order chi connectivity index (χ0) is 27.0. The van der Waals surface area contributed by atoms with Crippen LogP contribution in [0.5, 0.6) is 0 Å². The summed E-state index contributed by atoms with van der Waals surface area (Å²) in [5.74, 6) is -1.82. The predicted octanol–water partition coefficient (Wildman–Crippen LogP) is 4.24. The van der Waals surface area contributed by atoms with Gasteiger partial charge in [0.1, 0.15) is 16.4 Å². The third-order valence-corrected chi connectivity index (χ3v) is 6.38. The van der Waals surface area contributed by atoms with Crippen LogP contribution in [-0.2, 0) is 22.1 Å². The maximum absolute atomic E-state index is 13.6. The van der Waals surface area contributed by atoms with Crippen molar-refractivity contribution in [1.82, 2.24) is 9.97 Å². The summed E-state index contributed by atoms with van der Waals surface area (Å²) in [7, 11) is 0. The molecule has 3 aromatic rings. The maximum atomic E-state index is 13.6. The van der Waals surface area contributed by atoms with Crippen molar-refractivity contribution in [1.29, 1.82) is 0 Å². The van der Waals surface area contributed by atoms with Crippen LogP contribution in [0.25, 0.3) is 0 Å². The number of amides is 1. The Kier molecular flexibility index (Phi) is 9.25. The van der Waals surface area contributed by atoms with Crippen molar-refractivity contribution in [2.75, 3.05) is 41.8 Å². The van der Waals surface area contributed by atoms with Crippen LogP contribution >= 0.6 is 11.3 Å². The fraction of sp³-hybridized carbons (Fsp3) is 0.304. The fourth-order valence-electron chi connectivity index (χ4n) is 3.43. The molecule has 10 nitrogen and oxygen atoms in total. The minimum atomic E-state index is -4.73. The number of carbonyl (C=O) groups is 2. The number of nitrogens with one attached hydrogen (secondary N) is 2. The quantitative estimate of drug-likeness (QED) is 0.325. The molecule has 2 aromatic heterocycles. The molecule has 198 valence electrons. The lowest BCUT2D eigenvalue weighted by molar-refractivity contribution is -0.137. The van der Waals surface area contributed by atoms with Gasteiger partial charge >= 0.3 is 12.1 Å². The molecule has 4 rings (SSSR count). The van der Waals surface area contributed by atoms with Gasteiger partial charge in [-0.2, -0.15) is 18.2 Å². The monoisotopic (exact) mass is 538 g/mol. The molecular weight excluding hydrogens is 513 g/mol. The van der Waals surface area contributed by atoms with E-state index in [0.717, 1.165) is 35.0 Å². The molecule has 14 heteroatoms. The summed E-state index contributed by atoms with van der Waals surface area (Å²) in [6, 6.07) is 8.81. The number of halogens is 3. The summed E-state index contributed by atoms with van der Waals surface area (Å²) >= 11 is 1.07. The van der Waals surface area contributed by atoms with Crippen LogP contribution < -0.4 is 21.3 Å². The number of anilines is 5. The summed E-state index contributed by atoms with van der Waals surface area (Å²) < 4.78 is 46.1. The molecule has 1 aromatic carbocycles. The first-order chi connectivity index (χ1) is 17.7. The molecule has 5 N–H and O–H groups in total. The first kappa shape index (κ1) is 27.7. The molecule has 0 spiro atoms. The molecule has 37 heavy (non-hydrogen) atoms. The molecule has 1 aliphatic heterocycles. The van der Waals surface area contributed by atoms with Gasteiger partial charge in [-0.3, -0.25) is 4.79 Å². The summed E-state index contributed by atoms with van der Waals surface area (Å²) in [5, 5.41) is 15.0. The number of primary amides is 1. The number of rotatable bonds is 7. The second-order valence-corrected chi connectivity index (χ2v) is 8.74. The predicted molar refractivity (Wildman–Crippen MR) is 134 cm³/mol. The van der Waals surface area contributed by atoms with E-state index in [4.69, 9.17) is 9.53 Å². The Bertz CT molecular complexity index is 1210. The van der Waals surface area contributed by atoms with Crippen molar-refractivity contribution in [2.24, 2.45) is 5.73 Å². The number of morpholine rings is 1. The van der Waals surface area contributed by atoms with E-state index in [1.807, 2.05) is 19.1 Å². The number of hydrogen-bond acceptors (Lipinski definition) is 9. The molecule has 1 saturated heterocycles. The van der Waals surface area contributed by atoms with E-state index in [2.05, 4.69) is 31.2 Å². The molecule has 0 atom stereocenters. The van der Waals surface area contributed by atoms with Gasteiger partial charge in [0.2, 0.25) is 12.4 Å². The molecule has 1 fully saturated rings. The number of carboxylic acids is 1. The minimum absolute atomic E-state index is 0.0567. The summed E-state index contributed by atoms with van der Waals surface area (Å²) in [4.78, 5) is 30.9. The van der Waals surface area contributed by atoms with Gasteiger partial charge in [0.25, 0.3) is 0 Å². The van der Waals surface area contributed by atoms with E-state index in [9.17, 15) is 23.1 Å². The average molecular weight is 539 g/mol. The lowest BCUT2D eigenvalue weighted by Gasteiger charge is -2.28. The number of benzene rings is 1. The Labute approximate surface area is 214 Å². The highest BCUT2D eigenvalue weighted by molar-refractivity contribution is 7.16. The second-order valence-electron chi connectivity index (χ2n) is 7.60. The smallest absolute Gasteiger partial charge is 0.421 e. The van der Waals surface area contributed by atoms with E-state index in [-0.39, 0.29) is 22.9 Å². The Morgan fingerprint density at radius 1 is 1.24 bits per heavy atom. The highest BCUT2D eigenvalue weighted by Crippen LogP contribution is 2.38. The molecule has 0 bridgehead atoms. The second kappa shape index (κ2) is 12.4.